The number of nitrogens with one attached hydrogen (secondary N) is 2. The zero-order chi connectivity index (χ0) is 15.0. The van der Waals surface area contributed by atoms with Gasteiger partial charge in [0.05, 0.1) is 0 Å². The van der Waals surface area contributed by atoms with Gasteiger partial charge in [-0.25, -0.2) is 0 Å². The Bertz CT molecular complexity index is 358. The minimum atomic E-state index is -0.949. The quantitative estimate of drug-likeness (QED) is 0.293. The molecule has 2 amide bonds. The first-order valence-electron chi connectivity index (χ1n) is 7.31. The van der Waals surface area contributed by atoms with E-state index in [0.29, 0.717) is 12.2 Å². The van der Waals surface area contributed by atoms with E-state index in [9.17, 15) is 9.59 Å². The second kappa shape index (κ2) is 11.0. The van der Waals surface area contributed by atoms with Crippen LogP contribution in [0.1, 0.15) is 52.4 Å². The summed E-state index contributed by atoms with van der Waals surface area (Å²) < 4.78 is 0. The topological polar surface area (TPSA) is 58.2 Å². The number of thiocarbonyl (C=S) groups is 1. The van der Waals surface area contributed by atoms with Gasteiger partial charge in [-0.2, -0.15) is 11.8 Å². The molecule has 0 saturated carbocycles. The molecular weight excluding hydrogens is 315 g/mol. The van der Waals surface area contributed by atoms with Gasteiger partial charge in [0.1, 0.15) is 5.41 Å². The van der Waals surface area contributed by atoms with Crippen molar-refractivity contribution in [3.05, 3.63) is 0 Å². The van der Waals surface area contributed by atoms with Crippen molar-refractivity contribution in [2.75, 3.05) is 11.5 Å². The van der Waals surface area contributed by atoms with Crippen molar-refractivity contribution in [3.8, 4) is 0 Å². The number of hydrogen-bond donors (Lipinski definition) is 2. The predicted molar refractivity (Wildman–Crippen MR) is 93.4 cm³/mol. The molecule has 4 nitrogen and oxygen atoms in total. The van der Waals surface area contributed by atoms with Gasteiger partial charge >= 0.3 is 0 Å². The van der Waals surface area contributed by atoms with Gasteiger partial charge in [-0.15, -0.1) is 0 Å². The number of hydrogen-bond acceptors (Lipinski definition) is 4. The normalized spacial score (nSPS) is 17.0. The van der Waals surface area contributed by atoms with Gasteiger partial charge in [0.25, 0.3) is 0 Å². The molecule has 21 heavy (non-hydrogen) atoms. The van der Waals surface area contributed by atoms with Crippen LogP contribution in [0.15, 0.2) is 0 Å². The van der Waals surface area contributed by atoms with Crippen LogP contribution in [0, 0.1) is 5.41 Å². The molecule has 1 fully saturated rings. The summed E-state index contributed by atoms with van der Waals surface area (Å²) in [5, 5.41) is 5.35. The Balaban J connectivity index is 0.00000400. The first-order chi connectivity index (χ1) is 9.56. The second-order valence-corrected chi connectivity index (χ2v) is 6.70. The van der Waals surface area contributed by atoms with Crippen LogP contribution in [-0.4, -0.2) is 58.0 Å². The zero-order valence-corrected chi connectivity index (χ0v) is 16.9. The Labute approximate surface area is 159 Å². The van der Waals surface area contributed by atoms with Crippen molar-refractivity contribution in [3.63, 3.8) is 0 Å². The van der Waals surface area contributed by atoms with Crippen LogP contribution in [0.4, 0.5) is 0 Å². The van der Waals surface area contributed by atoms with Crippen molar-refractivity contribution >= 4 is 70.5 Å². The molecule has 1 radical (unpaired) electrons. The van der Waals surface area contributed by atoms with Gasteiger partial charge in [0, 0.05) is 35.3 Å². The molecule has 115 valence electrons. The summed E-state index contributed by atoms with van der Waals surface area (Å²) >= 11 is 6.57. The molecule has 0 aromatic rings. The van der Waals surface area contributed by atoms with Crippen molar-refractivity contribution < 1.29 is 9.59 Å². The Hall–Kier alpha value is 0.380. The molecule has 0 aromatic heterocycles. The summed E-state index contributed by atoms with van der Waals surface area (Å²) in [5.41, 5.74) is -0.949. The van der Waals surface area contributed by atoms with Crippen LogP contribution < -0.4 is 10.6 Å². The van der Waals surface area contributed by atoms with Crippen molar-refractivity contribution in [2.24, 2.45) is 5.41 Å². The maximum absolute atomic E-state index is 12.3. The molecule has 1 heterocycles. The van der Waals surface area contributed by atoms with Crippen LogP contribution >= 0.6 is 24.0 Å². The van der Waals surface area contributed by atoms with Crippen molar-refractivity contribution in [2.45, 2.75) is 52.4 Å². The third-order valence-corrected chi connectivity index (χ3v) is 5.00. The van der Waals surface area contributed by atoms with E-state index in [1.807, 2.05) is 0 Å². The Morgan fingerprint density at radius 1 is 1.05 bits per heavy atom. The summed E-state index contributed by atoms with van der Waals surface area (Å²) in [6.45, 7) is 4.22. The fourth-order valence-electron chi connectivity index (χ4n) is 2.19. The summed E-state index contributed by atoms with van der Waals surface area (Å²) in [5.74, 6) is 1.06. The van der Waals surface area contributed by atoms with Gasteiger partial charge < -0.3 is 10.6 Å². The number of carbonyl (C=O) groups is 2. The van der Waals surface area contributed by atoms with Crippen LogP contribution in [0.3, 0.4) is 0 Å². The fraction of sp³-hybridized carbons (Fsp3) is 0.786. The van der Waals surface area contributed by atoms with Crippen LogP contribution in [-0.2, 0) is 9.59 Å². The maximum Gasteiger partial charge on any atom is 0.242 e. The number of rotatable bonds is 9. The van der Waals surface area contributed by atoms with E-state index in [0.717, 1.165) is 25.0 Å². The Morgan fingerprint density at radius 3 is 2.14 bits per heavy atom. The van der Waals surface area contributed by atoms with Gasteiger partial charge in [-0.3, -0.25) is 9.59 Å². The van der Waals surface area contributed by atoms with Gasteiger partial charge in [0.15, 0.2) is 5.11 Å². The average molecular weight is 339 g/mol. The van der Waals surface area contributed by atoms with Crippen LogP contribution in [0.5, 0.6) is 0 Å². The summed E-state index contributed by atoms with van der Waals surface area (Å²) in [7, 11) is 0. The molecule has 1 aliphatic heterocycles. The monoisotopic (exact) mass is 339 g/mol. The van der Waals surface area contributed by atoms with Gasteiger partial charge in [-0.1, -0.05) is 39.5 Å². The van der Waals surface area contributed by atoms with E-state index in [2.05, 4.69) is 24.5 Å². The number of carbonyl (C=O) groups excluding carboxylic acids is 2. The van der Waals surface area contributed by atoms with Gasteiger partial charge in [-0.05, 0) is 30.8 Å². The molecule has 0 aliphatic carbocycles. The molecule has 0 spiro atoms. The Morgan fingerprint density at radius 2 is 1.62 bits per heavy atom. The van der Waals surface area contributed by atoms with E-state index < -0.39 is 5.41 Å². The summed E-state index contributed by atoms with van der Waals surface area (Å²) in [6.07, 6.45) is 5.92. The third kappa shape index (κ3) is 6.18. The Kier molecular flexibility index (Phi) is 11.2. The zero-order valence-electron chi connectivity index (χ0n) is 13.3. The number of amides is 2. The molecule has 1 aliphatic rings. The van der Waals surface area contributed by atoms with Crippen LogP contribution in [0.2, 0.25) is 0 Å². The van der Waals surface area contributed by atoms with Crippen molar-refractivity contribution in [1.82, 2.24) is 10.6 Å². The first kappa shape index (κ1) is 21.4. The minimum Gasteiger partial charge on any atom is -0.302 e. The van der Waals surface area contributed by atoms with E-state index in [-0.39, 0.29) is 46.5 Å². The fourth-order valence-corrected chi connectivity index (χ4v) is 3.68. The molecule has 1 saturated heterocycles. The maximum atomic E-state index is 12.3. The molecule has 0 unspecified atom stereocenters. The third-order valence-electron chi connectivity index (χ3n) is 3.52. The SMILES string of the molecule is CCCCCSCC1(CCCC)C(=O)NC(=S)NC1=O.[Na]. The smallest absolute Gasteiger partial charge is 0.242 e. The summed E-state index contributed by atoms with van der Waals surface area (Å²) in [4.78, 5) is 24.6. The molecular formula is C14H24N2NaO2S2. The van der Waals surface area contributed by atoms with E-state index in [1.165, 1.54) is 12.8 Å². The largest absolute Gasteiger partial charge is 0.302 e. The standard InChI is InChI=1S/C14H24N2O2S2.Na/c1-3-5-7-9-20-10-14(8-6-4-2)11(17)15-13(19)16-12(14)18;/h3-10H2,1-2H3,(H2,15,16,17,18,19);. The van der Waals surface area contributed by atoms with E-state index in [4.69, 9.17) is 12.2 Å². The molecule has 1 rings (SSSR count). The number of unbranched alkanes of at least 4 members (excludes halogenated alkanes) is 3. The van der Waals surface area contributed by atoms with Gasteiger partial charge in [0.2, 0.25) is 11.8 Å². The molecule has 2 N–H and O–H groups in total. The van der Waals surface area contributed by atoms with E-state index >= 15 is 0 Å². The van der Waals surface area contributed by atoms with Crippen LogP contribution in [0.25, 0.3) is 0 Å². The predicted octanol–water partition coefficient (Wildman–Crippen LogP) is 2.24. The number of thioether (sulfide) groups is 1. The first-order valence-corrected chi connectivity index (χ1v) is 8.87. The molecule has 0 aromatic carbocycles. The molecule has 7 heteroatoms. The average Bonchev–Trinajstić information content (AvgIpc) is 2.40. The molecule has 0 atom stereocenters. The summed E-state index contributed by atoms with van der Waals surface area (Å²) in [6, 6.07) is 0. The molecule has 0 bridgehead atoms. The van der Waals surface area contributed by atoms with E-state index in [1.54, 1.807) is 11.8 Å². The minimum absolute atomic E-state index is 0. The van der Waals surface area contributed by atoms with Crippen molar-refractivity contribution in [1.29, 1.82) is 0 Å². The second-order valence-electron chi connectivity index (χ2n) is 5.18.